The van der Waals surface area contributed by atoms with Crippen molar-refractivity contribution in [1.29, 1.82) is 0 Å². The number of halogens is 5. The summed E-state index contributed by atoms with van der Waals surface area (Å²) in [6.07, 6.45) is -4.52. The van der Waals surface area contributed by atoms with E-state index in [1.165, 1.54) is 30.3 Å². The summed E-state index contributed by atoms with van der Waals surface area (Å²) in [5.41, 5.74) is -1.12. The summed E-state index contributed by atoms with van der Waals surface area (Å²) in [7, 11) is 0. The Morgan fingerprint density at radius 3 is 2.42 bits per heavy atom. The normalized spacial score (nSPS) is 11.4. The number of furan rings is 1. The van der Waals surface area contributed by atoms with E-state index in [0.717, 1.165) is 24.3 Å². The van der Waals surface area contributed by atoms with Crippen LogP contribution in [-0.4, -0.2) is 5.91 Å². The fourth-order valence-electron chi connectivity index (χ4n) is 2.25. The van der Waals surface area contributed by atoms with E-state index in [0.29, 0.717) is 0 Å². The van der Waals surface area contributed by atoms with E-state index in [9.17, 15) is 26.7 Å². The van der Waals surface area contributed by atoms with Crippen LogP contribution in [0.25, 0.3) is 11.3 Å². The van der Waals surface area contributed by atoms with Crippen LogP contribution in [0.4, 0.5) is 27.6 Å². The van der Waals surface area contributed by atoms with Crippen LogP contribution in [0.3, 0.4) is 0 Å². The lowest BCUT2D eigenvalue weighted by atomic mass is 10.1. The summed E-state index contributed by atoms with van der Waals surface area (Å²) in [5.74, 6) is -3.47. The van der Waals surface area contributed by atoms with Gasteiger partial charge in [-0.1, -0.05) is 18.2 Å². The molecule has 0 aliphatic rings. The van der Waals surface area contributed by atoms with Gasteiger partial charge >= 0.3 is 6.18 Å². The van der Waals surface area contributed by atoms with Crippen LogP contribution in [-0.2, 0) is 6.18 Å². The highest BCUT2D eigenvalue weighted by Gasteiger charge is 2.30. The van der Waals surface area contributed by atoms with Gasteiger partial charge in [0.05, 0.1) is 11.3 Å². The minimum Gasteiger partial charge on any atom is -0.451 e. The van der Waals surface area contributed by atoms with E-state index in [2.05, 4.69) is 5.32 Å². The molecule has 26 heavy (non-hydrogen) atoms. The third kappa shape index (κ3) is 3.58. The molecule has 3 rings (SSSR count). The number of hydrogen-bond donors (Lipinski definition) is 1. The Balaban J connectivity index is 1.84. The molecule has 0 spiro atoms. The largest absolute Gasteiger partial charge is 0.451 e. The first-order valence-corrected chi connectivity index (χ1v) is 7.28. The second-order valence-corrected chi connectivity index (χ2v) is 5.30. The minimum atomic E-state index is -4.52. The highest BCUT2D eigenvalue weighted by molar-refractivity contribution is 6.02. The third-order valence-electron chi connectivity index (χ3n) is 3.50. The predicted molar refractivity (Wildman–Crippen MR) is 83.5 cm³/mol. The summed E-state index contributed by atoms with van der Waals surface area (Å²) in [6, 6.07) is 10.2. The van der Waals surface area contributed by atoms with Gasteiger partial charge < -0.3 is 9.73 Å². The van der Waals surface area contributed by atoms with Crippen molar-refractivity contribution >= 4 is 11.6 Å². The first-order chi connectivity index (χ1) is 12.3. The Bertz CT molecular complexity index is 962. The zero-order valence-corrected chi connectivity index (χ0v) is 12.9. The lowest BCUT2D eigenvalue weighted by Gasteiger charge is -2.07. The van der Waals surface area contributed by atoms with Crippen LogP contribution in [0.5, 0.6) is 0 Å². The highest BCUT2D eigenvalue weighted by atomic mass is 19.4. The molecule has 2 aromatic carbocycles. The maximum Gasteiger partial charge on any atom is 0.416 e. The van der Waals surface area contributed by atoms with Gasteiger partial charge in [0.25, 0.3) is 5.91 Å². The Hall–Kier alpha value is -3.16. The van der Waals surface area contributed by atoms with Gasteiger partial charge in [-0.2, -0.15) is 13.2 Å². The van der Waals surface area contributed by atoms with Gasteiger partial charge in [-0.25, -0.2) is 8.78 Å². The molecule has 0 bridgehead atoms. The minimum absolute atomic E-state index is 0.0287. The first kappa shape index (κ1) is 17.7. The fourth-order valence-corrected chi connectivity index (χ4v) is 2.25. The van der Waals surface area contributed by atoms with E-state index in [1.54, 1.807) is 0 Å². The van der Waals surface area contributed by atoms with Crippen LogP contribution in [0.15, 0.2) is 59.0 Å². The Labute approximate surface area is 144 Å². The monoisotopic (exact) mass is 367 g/mol. The number of alkyl halides is 3. The lowest BCUT2D eigenvalue weighted by molar-refractivity contribution is -0.137. The standard InChI is InChI=1S/C18H10F5NO2/c19-12-5-2-6-13(16(12)20)24-17(25)15-8-7-14(26-15)10-3-1-4-11(9-10)18(21,22)23/h1-9H,(H,24,25). The van der Waals surface area contributed by atoms with E-state index in [-0.39, 0.29) is 22.8 Å². The molecular formula is C18H10F5NO2. The Kier molecular flexibility index (Phi) is 4.50. The van der Waals surface area contributed by atoms with Crippen molar-refractivity contribution in [2.24, 2.45) is 0 Å². The van der Waals surface area contributed by atoms with Gasteiger partial charge in [-0.15, -0.1) is 0 Å². The zero-order chi connectivity index (χ0) is 18.9. The van der Waals surface area contributed by atoms with Gasteiger partial charge in [-0.3, -0.25) is 4.79 Å². The number of hydrogen-bond acceptors (Lipinski definition) is 2. The number of nitrogens with one attached hydrogen (secondary N) is 1. The Morgan fingerprint density at radius 2 is 1.69 bits per heavy atom. The first-order valence-electron chi connectivity index (χ1n) is 7.28. The summed E-state index contributed by atoms with van der Waals surface area (Å²) in [5, 5.41) is 2.14. The lowest BCUT2D eigenvalue weighted by Crippen LogP contribution is -2.12. The number of rotatable bonds is 3. The maximum absolute atomic E-state index is 13.6. The van der Waals surface area contributed by atoms with E-state index >= 15 is 0 Å². The second kappa shape index (κ2) is 6.62. The molecule has 0 fully saturated rings. The second-order valence-electron chi connectivity index (χ2n) is 5.30. The third-order valence-corrected chi connectivity index (χ3v) is 3.50. The summed E-state index contributed by atoms with van der Waals surface area (Å²) in [4.78, 5) is 12.1. The van der Waals surface area contributed by atoms with Crippen LogP contribution in [0, 0.1) is 11.6 Å². The molecule has 3 nitrogen and oxygen atoms in total. The summed E-state index contributed by atoms with van der Waals surface area (Å²) < 4.78 is 70.3. The molecule has 1 amide bonds. The number of carbonyl (C=O) groups is 1. The molecule has 0 aliphatic heterocycles. The molecule has 1 aromatic heterocycles. The maximum atomic E-state index is 13.6. The molecule has 0 radical (unpaired) electrons. The molecule has 134 valence electrons. The fraction of sp³-hybridized carbons (Fsp3) is 0.0556. The van der Waals surface area contributed by atoms with E-state index in [4.69, 9.17) is 4.42 Å². The van der Waals surface area contributed by atoms with Gasteiger partial charge in [0.2, 0.25) is 0 Å². The van der Waals surface area contributed by atoms with Crippen LogP contribution >= 0.6 is 0 Å². The van der Waals surface area contributed by atoms with Gasteiger partial charge in [0.1, 0.15) is 5.76 Å². The number of carbonyl (C=O) groups excluding carboxylic acids is 1. The van der Waals surface area contributed by atoms with Gasteiger partial charge in [-0.05, 0) is 36.4 Å². The molecule has 0 saturated heterocycles. The molecule has 0 aliphatic carbocycles. The molecule has 0 unspecified atom stereocenters. The van der Waals surface area contributed by atoms with Crippen molar-refractivity contribution in [2.75, 3.05) is 5.32 Å². The quantitative estimate of drug-likeness (QED) is 0.622. The van der Waals surface area contributed by atoms with Crippen LogP contribution < -0.4 is 5.32 Å². The summed E-state index contributed by atoms with van der Waals surface area (Å²) >= 11 is 0. The van der Waals surface area contributed by atoms with Crippen LogP contribution in [0.2, 0.25) is 0 Å². The average Bonchev–Trinajstić information content (AvgIpc) is 3.08. The SMILES string of the molecule is O=C(Nc1cccc(F)c1F)c1ccc(-c2cccc(C(F)(F)F)c2)o1. The summed E-state index contributed by atoms with van der Waals surface area (Å²) in [6.45, 7) is 0. The van der Waals surface area contributed by atoms with Crippen molar-refractivity contribution in [3.8, 4) is 11.3 Å². The smallest absolute Gasteiger partial charge is 0.416 e. The number of amides is 1. The highest BCUT2D eigenvalue weighted by Crippen LogP contribution is 2.32. The van der Waals surface area contributed by atoms with E-state index in [1.807, 2.05) is 0 Å². The van der Waals surface area contributed by atoms with Crippen LogP contribution in [0.1, 0.15) is 16.1 Å². The van der Waals surface area contributed by atoms with E-state index < -0.39 is 29.3 Å². The molecule has 8 heteroatoms. The molecule has 0 atom stereocenters. The van der Waals surface area contributed by atoms with Crippen molar-refractivity contribution in [1.82, 2.24) is 0 Å². The number of benzene rings is 2. The zero-order valence-electron chi connectivity index (χ0n) is 12.9. The van der Waals surface area contributed by atoms with Crippen molar-refractivity contribution in [2.45, 2.75) is 6.18 Å². The molecule has 3 aromatic rings. The molecular weight excluding hydrogens is 357 g/mol. The topological polar surface area (TPSA) is 42.2 Å². The van der Waals surface area contributed by atoms with Crippen molar-refractivity contribution < 1.29 is 31.2 Å². The number of anilines is 1. The van der Waals surface area contributed by atoms with Crippen molar-refractivity contribution in [3.05, 3.63) is 77.6 Å². The molecule has 0 saturated carbocycles. The average molecular weight is 367 g/mol. The molecule has 1 heterocycles. The Morgan fingerprint density at radius 1 is 0.962 bits per heavy atom. The molecule has 1 N–H and O–H groups in total. The van der Waals surface area contributed by atoms with Gasteiger partial charge in [0, 0.05) is 5.56 Å². The predicted octanol–water partition coefficient (Wildman–Crippen LogP) is 5.50. The van der Waals surface area contributed by atoms with Gasteiger partial charge in [0.15, 0.2) is 17.4 Å². The van der Waals surface area contributed by atoms with Crippen molar-refractivity contribution in [3.63, 3.8) is 0 Å².